The van der Waals surface area contributed by atoms with E-state index in [-0.39, 0.29) is 95.8 Å². The SMILES string of the molecule is Cc1cc(N=Nc2c(SOOO)cc3c(S(=O)(=O)O)c(N=Nc4c(C)c(C#N)c5nc6ccccc6n5c4O)ccc3c2O)c(OCCCS(=O)(=O)O)cc1N=Nc1nc2c(S(=O)(=O)O)cc([N+](=O)[O-])cc2s1. The minimum absolute atomic E-state index is 0.0167. The lowest BCUT2D eigenvalue weighted by Gasteiger charge is -2.13. The molecule has 0 aliphatic rings. The molecule has 6 N–H and O–H groups in total. The molecule has 0 atom stereocenters. The van der Waals surface area contributed by atoms with Gasteiger partial charge in [-0.2, -0.15) is 30.5 Å². The van der Waals surface area contributed by atoms with Crippen molar-refractivity contribution in [2.45, 2.75) is 35.0 Å². The van der Waals surface area contributed by atoms with Gasteiger partial charge in [0.25, 0.3) is 36.0 Å². The van der Waals surface area contributed by atoms with Crippen LogP contribution in [0, 0.1) is 35.3 Å². The van der Waals surface area contributed by atoms with Gasteiger partial charge in [-0.25, -0.2) is 15.2 Å². The van der Waals surface area contributed by atoms with Gasteiger partial charge in [0.05, 0.1) is 55.6 Å². The molecular formula is C40H29N11O17S5. The summed E-state index contributed by atoms with van der Waals surface area (Å²) < 4.78 is 114. The Morgan fingerprint density at radius 1 is 0.849 bits per heavy atom. The number of aryl methyl sites for hydroxylation is 1. The highest BCUT2D eigenvalue weighted by Crippen LogP contribution is 2.49. The number of hydrogen-bond donors (Lipinski definition) is 6. The van der Waals surface area contributed by atoms with Crippen LogP contribution in [0.1, 0.15) is 23.1 Å². The molecule has 8 rings (SSSR count). The molecule has 0 spiro atoms. The number of nitrogens with zero attached hydrogens (tertiary/aromatic N) is 11. The number of aromatic hydroxyl groups is 2. The fourth-order valence-corrected chi connectivity index (χ4v) is 10.5. The highest BCUT2D eigenvalue weighted by molar-refractivity contribution is 7.94. The van der Waals surface area contributed by atoms with E-state index in [9.17, 15) is 64.5 Å². The number of nitro groups is 1. The zero-order valence-electron chi connectivity index (χ0n) is 36.6. The Kier molecular flexibility index (Phi) is 14.2. The average Bonchev–Trinajstić information content (AvgIpc) is 3.92. The average molecular weight is 1100 g/mol. The van der Waals surface area contributed by atoms with Gasteiger partial charge in [0, 0.05) is 34.5 Å². The molecule has 33 heteroatoms. The molecule has 0 aliphatic heterocycles. The predicted molar refractivity (Wildman–Crippen MR) is 256 cm³/mol. The molecule has 0 amide bonds. The largest absolute Gasteiger partial charge is 0.505 e. The van der Waals surface area contributed by atoms with Crippen LogP contribution in [0.4, 0.5) is 39.3 Å². The van der Waals surface area contributed by atoms with Crippen LogP contribution < -0.4 is 4.74 Å². The Morgan fingerprint density at radius 2 is 1.56 bits per heavy atom. The summed E-state index contributed by atoms with van der Waals surface area (Å²) in [6, 6.07) is 16.2. The third kappa shape index (κ3) is 10.6. The number of phenols is 1. The zero-order chi connectivity index (χ0) is 52.7. The number of azo groups is 3. The second kappa shape index (κ2) is 20.0. The van der Waals surface area contributed by atoms with Gasteiger partial charge in [-0.15, -0.1) is 35.0 Å². The first kappa shape index (κ1) is 51.6. The highest BCUT2D eigenvalue weighted by atomic mass is 32.2. The first-order valence-electron chi connectivity index (χ1n) is 20.0. The molecule has 0 aliphatic carbocycles. The van der Waals surface area contributed by atoms with Crippen LogP contribution in [0.2, 0.25) is 0 Å². The van der Waals surface area contributed by atoms with Gasteiger partial charge in [-0.05, 0) is 62.2 Å². The molecule has 0 unspecified atom stereocenters. The lowest BCUT2D eigenvalue weighted by molar-refractivity contribution is -0.432. The van der Waals surface area contributed by atoms with Crippen molar-refractivity contribution in [1.29, 1.82) is 5.26 Å². The van der Waals surface area contributed by atoms with E-state index in [0.717, 1.165) is 18.2 Å². The summed E-state index contributed by atoms with van der Waals surface area (Å²) in [6.45, 7) is 2.62. The predicted octanol–water partition coefficient (Wildman–Crippen LogP) is 9.88. The van der Waals surface area contributed by atoms with Gasteiger partial charge >= 0.3 is 0 Å². The Balaban J connectivity index is 1.21. The molecule has 0 radical (unpaired) electrons. The van der Waals surface area contributed by atoms with E-state index in [4.69, 9.17) is 9.99 Å². The minimum Gasteiger partial charge on any atom is -0.505 e. The van der Waals surface area contributed by atoms with Crippen molar-refractivity contribution in [1.82, 2.24) is 14.4 Å². The molecule has 0 fully saturated rings. The van der Waals surface area contributed by atoms with Crippen LogP contribution in [0.15, 0.2) is 112 Å². The van der Waals surface area contributed by atoms with E-state index in [1.54, 1.807) is 24.3 Å². The van der Waals surface area contributed by atoms with E-state index in [0.29, 0.717) is 28.4 Å². The van der Waals surface area contributed by atoms with Crippen LogP contribution in [-0.4, -0.2) is 86.0 Å². The fourth-order valence-electron chi connectivity index (χ4n) is 7.17. The normalized spacial score (nSPS) is 12.7. The highest BCUT2D eigenvalue weighted by Gasteiger charge is 2.27. The number of fused-ring (bicyclic) bond motifs is 5. The van der Waals surface area contributed by atoms with Gasteiger partial charge < -0.3 is 14.9 Å². The summed E-state index contributed by atoms with van der Waals surface area (Å²) in [5.41, 5.74) is -0.922. The van der Waals surface area contributed by atoms with Crippen molar-refractivity contribution < 1.29 is 73.4 Å². The number of aromatic nitrogens is 3. The molecule has 376 valence electrons. The Hall–Kier alpha value is -7.75. The standard InChI is InChI=1S/C40H29N11O17S5/c1-18-12-27(29(66-10-5-11-71(57,58)59)16-26(18)45-49-40-43-34-30(69-40)13-20(51(54)55)14-32(34)72(60,61)62)46-48-35-31(70-68-67-56)15-22-21(36(35)52)8-9-25(37(22)73(63,64)65)44-47-33-19(2)23(17-41)38-42-24-6-3-4-7-28(24)50(38)39(33)53/h3-4,6-9,12-16,52-53,56H,5,10-11H2,1-2H3,(H,57,58,59)(H,60,61,62)(H,63,64,65). The maximum Gasteiger partial charge on any atom is 0.297 e. The van der Waals surface area contributed by atoms with E-state index in [1.165, 1.54) is 36.4 Å². The van der Waals surface area contributed by atoms with Crippen molar-refractivity contribution in [2.24, 2.45) is 30.7 Å². The number of nitro benzene ring substituents is 1. The van der Waals surface area contributed by atoms with E-state index in [2.05, 4.69) is 50.0 Å². The summed E-state index contributed by atoms with van der Waals surface area (Å²) in [5.74, 6) is -2.17. The van der Waals surface area contributed by atoms with Crippen LogP contribution >= 0.6 is 23.4 Å². The van der Waals surface area contributed by atoms with Crippen molar-refractivity contribution in [2.75, 3.05) is 12.4 Å². The molecular weight excluding hydrogens is 1070 g/mol. The second-order valence-corrected chi connectivity index (χ2v) is 21.1. The number of rotatable bonds is 17. The Labute approximate surface area is 416 Å². The van der Waals surface area contributed by atoms with Gasteiger partial charge in [0.1, 0.15) is 49.8 Å². The molecule has 5 aromatic carbocycles. The number of pyridine rings is 1. The van der Waals surface area contributed by atoms with Crippen molar-refractivity contribution >= 4 is 131 Å². The molecule has 28 nitrogen and oxygen atoms in total. The number of para-hydroxylation sites is 2. The number of hydrogen-bond acceptors (Lipinski definition) is 25. The molecule has 0 saturated heterocycles. The molecule has 73 heavy (non-hydrogen) atoms. The fraction of sp³-hybridized carbons (Fsp3) is 0.125. The van der Waals surface area contributed by atoms with E-state index < -0.39 is 84.9 Å². The van der Waals surface area contributed by atoms with Gasteiger partial charge in [-0.3, -0.25) is 28.2 Å². The third-order valence-electron chi connectivity index (χ3n) is 10.4. The summed E-state index contributed by atoms with van der Waals surface area (Å²) in [6.07, 6.45) is -0.241. The molecule has 0 bridgehead atoms. The molecule has 8 aromatic rings. The number of imidazole rings is 1. The maximum absolute atomic E-state index is 13.1. The smallest absolute Gasteiger partial charge is 0.297 e. The quantitative estimate of drug-likeness (QED) is 0.00938. The number of non-ortho nitro benzene ring substituents is 1. The minimum atomic E-state index is -5.28. The van der Waals surface area contributed by atoms with Crippen LogP contribution in [0.5, 0.6) is 17.4 Å². The van der Waals surface area contributed by atoms with E-state index in [1.807, 2.05) is 6.07 Å². The van der Waals surface area contributed by atoms with Crippen molar-refractivity contribution in [3.05, 3.63) is 93.5 Å². The summed E-state index contributed by atoms with van der Waals surface area (Å²) in [4.78, 5) is 17.0. The Bertz CT molecular complexity index is 4120. The molecule has 3 aromatic heterocycles. The van der Waals surface area contributed by atoms with E-state index >= 15 is 0 Å². The third-order valence-corrected chi connectivity index (χ3v) is 14.5. The first-order chi connectivity index (χ1) is 34.5. The maximum atomic E-state index is 13.1. The number of thiazole rings is 1. The Morgan fingerprint density at radius 3 is 2.25 bits per heavy atom. The number of ether oxygens (including phenoxy) is 1. The lowest BCUT2D eigenvalue weighted by Crippen LogP contribution is -2.08. The van der Waals surface area contributed by atoms with Crippen molar-refractivity contribution in [3.63, 3.8) is 0 Å². The number of phenolic OH excluding ortho intramolecular Hbond substituents is 1. The molecule has 3 heterocycles. The monoisotopic (exact) mass is 1100 g/mol. The topological polar surface area (TPSA) is 423 Å². The van der Waals surface area contributed by atoms with Gasteiger partial charge in [0.2, 0.25) is 11.0 Å². The zero-order valence-corrected chi connectivity index (χ0v) is 40.7. The summed E-state index contributed by atoms with van der Waals surface area (Å²) in [7, 11) is -14.7. The van der Waals surface area contributed by atoms with Crippen LogP contribution in [0.25, 0.3) is 37.7 Å². The van der Waals surface area contributed by atoms with Gasteiger partial charge in [0.15, 0.2) is 17.1 Å². The lowest BCUT2D eigenvalue weighted by atomic mass is 10.1. The van der Waals surface area contributed by atoms with Crippen LogP contribution in [-0.2, 0) is 39.7 Å². The summed E-state index contributed by atoms with van der Waals surface area (Å²) >= 11 is 0.879. The summed E-state index contributed by atoms with van der Waals surface area (Å²) in [5, 5.41) is 81.1. The second-order valence-electron chi connectivity index (χ2n) is 15.0. The first-order valence-corrected chi connectivity index (χ1v) is 26.1. The van der Waals surface area contributed by atoms with Gasteiger partial charge in [-0.1, -0.05) is 28.5 Å². The number of benzene rings is 5. The molecule has 0 saturated carbocycles. The number of nitriles is 1. The van der Waals surface area contributed by atoms with Crippen LogP contribution in [0.3, 0.4) is 0 Å². The van der Waals surface area contributed by atoms with Crippen molar-refractivity contribution in [3.8, 4) is 23.4 Å².